The predicted molar refractivity (Wildman–Crippen MR) is 88.5 cm³/mol. The van der Waals surface area contributed by atoms with E-state index in [1.807, 2.05) is 0 Å². The van der Waals surface area contributed by atoms with Crippen LogP contribution in [0.1, 0.15) is 68.6 Å². The van der Waals surface area contributed by atoms with Crippen molar-refractivity contribution >= 4 is 34.9 Å². The van der Waals surface area contributed by atoms with Crippen molar-refractivity contribution in [2.45, 2.75) is 27.2 Å². The minimum Gasteiger partial charge on any atom is -0.298 e. The Hall–Kier alpha value is -2.62. The van der Waals surface area contributed by atoms with Crippen LogP contribution in [0.15, 0.2) is 24.3 Å². The molecular weight excluding hydrogens is 292 g/mol. The fraction of sp³-hybridized carbons (Fsp3) is 0.263. The number of carbonyl (C=O) groups is 4. The van der Waals surface area contributed by atoms with Crippen LogP contribution in [0, 0.1) is 5.92 Å². The summed E-state index contributed by atoms with van der Waals surface area (Å²) in [6.07, 6.45) is 1.57. The molecule has 2 rings (SSSR count). The lowest BCUT2D eigenvalue weighted by atomic mass is 9.87. The molecule has 0 saturated heterocycles. The van der Waals surface area contributed by atoms with Gasteiger partial charge >= 0.3 is 0 Å². The Morgan fingerprint density at radius 1 is 0.913 bits per heavy atom. The molecule has 23 heavy (non-hydrogen) atoms. The molecular formula is C19H18O4. The van der Waals surface area contributed by atoms with E-state index in [-0.39, 0.29) is 23.9 Å². The van der Waals surface area contributed by atoms with Crippen molar-refractivity contribution in [3.8, 4) is 0 Å². The molecule has 0 spiro atoms. The van der Waals surface area contributed by atoms with Crippen molar-refractivity contribution in [1.29, 1.82) is 0 Å². The van der Waals surface area contributed by atoms with E-state index in [2.05, 4.69) is 0 Å². The second kappa shape index (κ2) is 6.65. The van der Waals surface area contributed by atoms with Gasteiger partial charge < -0.3 is 0 Å². The van der Waals surface area contributed by atoms with E-state index in [1.54, 1.807) is 32.9 Å². The van der Waals surface area contributed by atoms with Gasteiger partial charge in [0.2, 0.25) is 0 Å². The molecule has 0 N–H and O–H groups in total. The molecule has 0 bridgehead atoms. The molecule has 0 fully saturated rings. The molecule has 0 radical (unpaired) electrons. The molecule has 118 valence electrons. The van der Waals surface area contributed by atoms with Gasteiger partial charge in [-0.25, -0.2) is 0 Å². The summed E-state index contributed by atoms with van der Waals surface area (Å²) in [4.78, 5) is 47.6. The molecule has 0 amide bonds. The first-order valence-electron chi connectivity index (χ1n) is 7.53. The second-order valence-corrected chi connectivity index (χ2v) is 5.69. The number of hydrogen-bond donors (Lipinski definition) is 0. The van der Waals surface area contributed by atoms with Gasteiger partial charge in [-0.2, -0.15) is 0 Å². The van der Waals surface area contributed by atoms with Gasteiger partial charge in [0.05, 0.1) is 0 Å². The first-order valence-corrected chi connectivity index (χ1v) is 7.53. The molecule has 0 unspecified atom stereocenters. The second-order valence-electron chi connectivity index (χ2n) is 5.69. The Morgan fingerprint density at radius 2 is 1.39 bits per heavy atom. The fourth-order valence-electron chi connectivity index (χ4n) is 2.68. The Morgan fingerprint density at radius 3 is 1.83 bits per heavy atom. The third-order valence-corrected chi connectivity index (χ3v) is 3.89. The third-order valence-electron chi connectivity index (χ3n) is 3.89. The van der Waals surface area contributed by atoms with E-state index in [1.165, 1.54) is 12.1 Å². The van der Waals surface area contributed by atoms with E-state index in [4.69, 9.17) is 0 Å². The molecule has 0 atom stereocenters. The average molecular weight is 310 g/mol. The van der Waals surface area contributed by atoms with Gasteiger partial charge in [-0.15, -0.1) is 0 Å². The standard InChI is InChI=1S/C19H18O4/c1-4-16(22)14-7-8-15(19(23)11(2)3)18-13(10-21)6-5-12(9-20)17(14)18/h5-11H,4H2,1-3H3. The predicted octanol–water partition coefficient (Wildman–Crippen LogP) is 3.90. The van der Waals surface area contributed by atoms with Gasteiger partial charge in [0.15, 0.2) is 24.1 Å². The van der Waals surface area contributed by atoms with Crippen molar-refractivity contribution in [3.05, 3.63) is 46.5 Å². The fourth-order valence-corrected chi connectivity index (χ4v) is 2.68. The zero-order chi connectivity index (χ0) is 17.1. The minimum absolute atomic E-state index is 0.128. The Labute approximate surface area is 134 Å². The maximum atomic E-state index is 12.5. The highest BCUT2D eigenvalue weighted by Gasteiger charge is 2.21. The van der Waals surface area contributed by atoms with E-state index in [0.717, 1.165) is 0 Å². The van der Waals surface area contributed by atoms with E-state index >= 15 is 0 Å². The first-order chi connectivity index (χ1) is 11.0. The number of hydrogen-bond acceptors (Lipinski definition) is 4. The van der Waals surface area contributed by atoms with Crippen molar-refractivity contribution in [1.82, 2.24) is 0 Å². The summed E-state index contributed by atoms with van der Waals surface area (Å²) in [6.45, 7) is 5.26. The minimum atomic E-state index is -0.259. The van der Waals surface area contributed by atoms with Gasteiger partial charge in [-0.3, -0.25) is 19.2 Å². The number of ketones is 2. The number of aldehydes is 2. The van der Waals surface area contributed by atoms with Crippen LogP contribution in [0.5, 0.6) is 0 Å². The van der Waals surface area contributed by atoms with Crippen LogP contribution in [0.4, 0.5) is 0 Å². The number of rotatable bonds is 6. The largest absolute Gasteiger partial charge is 0.298 e. The van der Waals surface area contributed by atoms with E-state index < -0.39 is 0 Å². The first kappa shape index (κ1) is 16.7. The third kappa shape index (κ3) is 2.84. The van der Waals surface area contributed by atoms with Crippen LogP contribution in [0.2, 0.25) is 0 Å². The molecule has 0 aliphatic heterocycles. The smallest absolute Gasteiger partial charge is 0.166 e. The average Bonchev–Trinajstić information content (AvgIpc) is 2.58. The van der Waals surface area contributed by atoms with Gasteiger partial charge in [0.25, 0.3) is 0 Å². The highest BCUT2D eigenvalue weighted by atomic mass is 16.1. The zero-order valence-electron chi connectivity index (χ0n) is 13.4. The zero-order valence-corrected chi connectivity index (χ0v) is 13.4. The molecule has 4 nitrogen and oxygen atoms in total. The van der Waals surface area contributed by atoms with Crippen LogP contribution in [-0.4, -0.2) is 24.1 Å². The Bertz CT molecular complexity index is 816. The Kier molecular flexibility index (Phi) is 4.84. The lowest BCUT2D eigenvalue weighted by molar-refractivity contribution is 0.0938. The summed E-state index contributed by atoms with van der Waals surface area (Å²) < 4.78 is 0. The summed E-state index contributed by atoms with van der Waals surface area (Å²) in [6, 6.07) is 6.17. The molecule has 0 aliphatic carbocycles. The van der Waals surface area contributed by atoms with Crippen LogP contribution >= 0.6 is 0 Å². The SMILES string of the molecule is CCC(=O)c1ccc(C(=O)C(C)C)c2c(C=O)ccc(C=O)c12. The highest BCUT2D eigenvalue weighted by molar-refractivity contribution is 6.21. The van der Waals surface area contributed by atoms with E-state index in [0.29, 0.717) is 45.6 Å². The highest BCUT2D eigenvalue weighted by Crippen LogP contribution is 2.30. The Balaban J connectivity index is 3.03. The van der Waals surface area contributed by atoms with Crippen molar-refractivity contribution in [2.75, 3.05) is 0 Å². The lowest BCUT2D eigenvalue weighted by Gasteiger charge is -2.14. The summed E-state index contributed by atoms with van der Waals surface area (Å²) in [7, 11) is 0. The summed E-state index contributed by atoms with van der Waals surface area (Å²) in [5.74, 6) is -0.522. The van der Waals surface area contributed by atoms with Gasteiger partial charge in [-0.05, 0) is 0 Å². The van der Waals surface area contributed by atoms with Gasteiger partial charge in [0.1, 0.15) is 0 Å². The van der Waals surface area contributed by atoms with Gasteiger partial charge in [0, 0.05) is 45.4 Å². The molecule has 4 heteroatoms. The van der Waals surface area contributed by atoms with E-state index in [9.17, 15) is 19.2 Å². The quantitative estimate of drug-likeness (QED) is 0.599. The lowest BCUT2D eigenvalue weighted by Crippen LogP contribution is -2.11. The van der Waals surface area contributed by atoms with Crippen molar-refractivity contribution in [3.63, 3.8) is 0 Å². The maximum absolute atomic E-state index is 12.5. The molecule has 2 aromatic rings. The molecule has 2 aromatic carbocycles. The summed E-state index contributed by atoms with van der Waals surface area (Å²) in [5.41, 5.74) is 1.35. The number of carbonyl (C=O) groups excluding carboxylic acids is 4. The molecule has 0 saturated carbocycles. The number of benzene rings is 2. The van der Waals surface area contributed by atoms with Gasteiger partial charge in [-0.1, -0.05) is 45.0 Å². The van der Waals surface area contributed by atoms with Crippen LogP contribution < -0.4 is 0 Å². The summed E-state index contributed by atoms with van der Waals surface area (Å²) >= 11 is 0. The topological polar surface area (TPSA) is 68.3 Å². The van der Waals surface area contributed by atoms with Crippen LogP contribution in [-0.2, 0) is 0 Å². The summed E-state index contributed by atoms with van der Waals surface area (Å²) in [5, 5.41) is 0.783. The molecule has 0 aliphatic rings. The van der Waals surface area contributed by atoms with Crippen LogP contribution in [0.25, 0.3) is 10.8 Å². The van der Waals surface area contributed by atoms with Crippen molar-refractivity contribution in [2.24, 2.45) is 5.92 Å². The molecule has 0 aromatic heterocycles. The number of Topliss-reactive ketones (excluding diaryl/α,β-unsaturated/α-hetero) is 2. The van der Waals surface area contributed by atoms with Crippen molar-refractivity contribution < 1.29 is 19.2 Å². The number of fused-ring (bicyclic) bond motifs is 1. The molecule has 0 heterocycles. The monoisotopic (exact) mass is 310 g/mol. The van der Waals surface area contributed by atoms with Crippen LogP contribution in [0.3, 0.4) is 0 Å². The normalized spacial score (nSPS) is 10.8. The maximum Gasteiger partial charge on any atom is 0.166 e.